The van der Waals surface area contributed by atoms with E-state index < -0.39 is 23.7 Å². The van der Waals surface area contributed by atoms with Crippen LogP contribution in [-0.2, 0) is 4.74 Å². The quantitative estimate of drug-likeness (QED) is 0.479. The maximum absolute atomic E-state index is 12.8. The van der Waals surface area contributed by atoms with Gasteiger partial charge in [-0.05, 0) is 50.5 Å². The van der Waals surface area contributed by atoms with E-state index in [-0.39, 0.29) is 0 Å². The highest BCUT2D eigenvalue weighted by Crippen LogP contribution is 2.37. The Balaban J connectivity index is 2.15. The van der Waals surface area contributed by atoms with Crippen molar-refractivity contribution in [2.75, 3.05) is 0 Å². The fourth-order valence-electron chi connectivity index (χ4n) is 3.59. The van der Waals surface area contributed by atoms with Crippen LogP contribution < -0.4 is 10.0 Å². The first kappa shape index (κ1) is 21.4. The molecule has 0 aliphatic heterocycles. The predicted octanol–water partition coefficient (Wildman–Crippen LogP) is 5.03. The Kier molecular flexibility index (Phi) is 6.40. The topological polar surface area (TPSA) is 65.3 Å². The first-order chi connectivity index (χ1) is 14.3. The maximum atomic E-state index is 12.8. The summed E-state index contributed by atoms with van der Waals surface area (Å²) in [5.41, 5.74) is 2.80. The van der Waals surface area contributed by atoms with Gasteiger partial charge in [0.25, 0.3) is 0 Å². The number of hydrogen-bond acceptors (Lipinski definition) is 3. The number of amides is 1. The Morgan fingerprint density at radius 3 is 2.23 bits per heavy atom. The molecule has 1 heterocycles. The lowest BCUT2D eigenvalue weighted by Crippen LogP contribution is -2.41. The number of hydrogen-bond donors (Lipinski definition) is 1. The first-order valence-corrected chi connectivity index (χ1v) is 10.0. The van der Waals surface area contributed by atoms with Gasteiger partial charge in [0.05, 0.1) is 12.0 Å². The number of aromatic nitrogens is 1. The zero-order valence-electron chi connectivity index (χ0n) is 17.8. The van der Waals surface area contributed by atoms with E-state index in [1.807, 2.05) is 88.4 Å². The van der Waals surface area contributed by atoms with Crippen molar-refractivity contribution in [3.63, 3.8) is 0 Å². The summed E-state index contributed by atoms with van der Waals surface area (Å²) < 4.78 is 6.41. The van der Waals surface area contributed by atoms with Gasteiger partial charge in [0.15, 0.2) is 6.20 Å². The second kappa shape index (κ2) is 8.99. The SMILES string of the molecule is Cc1ccccc1[C@H](NC(=O)OC(C)(C)C)[C@@H](c1ccccc1)c1cccc[n+]1[O-]. The number of nitrogens with zero attached hydrogens (tertiary/aromatic N) is 1. The van der Waals surface area contributed by atoms with Crippen molar-refractivity contribution < 1.29 is 14.3 Å². The summed E-state index contributed by atoms with van der Waals surface area (Å²) in [7, 11) is 0. The average Bonchev–Trinajstić information content (AvgIpc) is 2.69. The normalized spacial score (nSPS) is 13.3. The molecule has 3 rings (SSSR count). The number of carbonyl (C=O) groups excluding carboxylic acids is 1. The molecule has 2 atom stereocenters. The number of aryl methyl sites for hydroxylation is 1. The van der Waals surface area contributed by atoms with E-state index in [4.69, 9.17) is 4.74 Å². The van der Waals surface area contributed by atoms with Crippen molar-refractivity contribution in [3.8, 4) is 0 Å². The van der Waals surface area contributed by atoms with Crippen LogP contribution in [0.5, 0.6) is 0 Å². The van der Waals surface area contributed by atoms with Gasteiger partial charge in [-0.25, -0.2) is 4.79 Å². The molecule has 1 aromatic heterocycles. The predicted molar refractivity (Wildman–Crippen MR) is 117 cm³/mol. The van der Waals surface area contributed by atoms with Gasteiger partial charge in [-0.15, -0.1) is 0 Å². The molecule has 1 N–H and O–H groups in total. The van der Waals surface area contributed by atoms with Crippen LogP contribution in [0.2, 0.25) is 0 Å². The van der Waals surface area contributed by atoms with E-state index in [1.165, 1.54) is 6.20 Å². The minimum atomic E-state index is -0.631. The summed E-state index contributed by atoms with van der Waals surface area (Å²) in [6.07, 6.45) is 0.957. The Bertz CT molecular complexity index is 997. The van der Waals surface area contributed by atoms with Gasteiger partial charge >= 0.3 is 6.09 Å². The maximum Gasteiger partial charge on any atom is 0.408 e. The van der Waals surface area contributed by atoms with Crippen LogP contribution >= 0.6 is 0 Å². The lowest BCUT2D eigenvalue weighted by atomic mass is 9.83. The minimum absolute atomic E-state index is 0.404. The number of nitrogens with one attached hydrogen (secondary N) is 1. The highest BCUT2D eigenvalue weighted by atomic mass is 16.6. The highest BCUT2D eigenvalue weighted by molar-refractivity contribution is 5.69. The molecule has 0 bridgehead atoms. The van der Waals surface area contributed by atoms with Crippen molar-refractivity contribution in [3.05, 3.63) is 107 Å². The number of ether oxygens (including phenoxy) is 1. The molecule has 0 aliphatic rings. The van der Waals surface area contributed by atoms with Crippen molar-refractivity contribution in [1.82, 2.24) is 5.32 Å². The molecule has 0 saturated carbocycles. The van der Waals surface area contributed by atoms with E-state index in [0.717, 1.165) is 21.4 Å². The molecule has 0 radical (unpaired) electrons. The van der Waals surface area contributed by atoms with E-state index in [9.17, 15) is 10.0 Å². The molecule has 1 amide bonds. The lowest BCUT2D eigenvalue weighted by molar-refractivity contribution is -0.615. The summed E-state index contributed by atoms with van der Waals surface area (Å²) in [4.78, 5) is 12.8. The van der Waals surface area contributed by atoms with Gasteiger partial charge < -0.3 is 15.3 Å². The Labute approximate surface area is 177 Å². The van der Waals surface area contributed by atoms with E-state index >= 15 is 0 Å². The molecule has 0 saturated heterocycles. The Morgan fingerprint density at radius 1 is 0.967 bits per heavy atom. The largest absolute Gasteiger partial charge is 0.618 e. The van der Waals surface area contributed by atoms with E-state index in [2.05, 4.69) is 5.32 Å². The third-order valence-electron chi connectivity index (χ3n) is 4.86. The van der Waals surface area contributed by atoms with Crippen LogP contribution in [0.3, 0.4) is 0 Å². The van der Waals surface area contributed by atoms with Gasteiger partial charge in [0, 0.05) is 12.1 Å². The fraction of sp³-hybridized carbons (Fsp3) is 0.280. The first-order valence-electron chi connectivity index (χ1n) is 10.0. The summed E-state index contributed by atoms with van der Waals surface area (Å²) in [5, 5.41) is 15.8. The Morgan fingerprint density at radius 2 is 1.60 bits per heavy atom. The van der Waals surface area contributed by atoms with Crippen LogP contribution in [0.4, 0.5) is 4.79 Å². The standard InChI is InChI=1S/C25H28N2O3/c1-18-12-8-9-15-20(18)23(26-24(28)30-25(2,3)4)22(19-13-6-5-7-14-19)21-16-10-11-17-27(21)29/h5-17,22-23H,1-4H3,(H,26,28)/t22-,23-/m0/s1. The molecule has 156 valence electrons. The van der Waals surface area contributed by atoms with Gasteiger partial charge in [0.2, 0.25) is 5.69 Å². The average molecular weight is 405 g/mol. The monoisotopic (exact) mass is 404 g/mol. The van der Waals surface area contributed by atoms with Crippen molar-refractivity contribution in [1.29, 1.82) is 0 Å². The zero-order chi connectivity index (χ0) is 21.7. The summed E-state index contributed by atoms with van der Waals surface area (Å²) in [6, 6.07) is 22.4. The molecular weight excluding hydrogens is 376 g/mol. The number of pyridine rings is 1. The summed E-state index contributed by atoms with van der Waals surface area (Å²) >= 11 is 0. The second-order valence-electron chi connectivity index (χ2n) is 8.32. The fourth-order valence-corrected chi connectivity index (χ4v) is 3.59. The molecule has 2 aromatic carbocycles. The van der Waals surface area contributed by atoms with Gasteiger partial charge in [0.1, 0.15) is 5.60 Å². The van der Waals surface area contributed by atoms with E-state index in [0.29, 0.717) is 5.69 Å². The van der Waals surface area contributed by atoms with Crippen molar-refractivity contribution in [2.45, 2.75) is 45.3 Å². The van der Waals surface area contributed by atoms with Crippen molar-refractivity contribution >= 4 is 6.09 Å². The molecule has 0 unspecified atom stereocenters. The number of carbonyl (C=O) groups is 1. The molecule has 3 aromatic rings. The van der Waals surface area contributed by atoms with Gasteiger partial charge in [-0.3, -0.25) is 0 Å². The van der Waals surface area contributed by atoms with Crippen molar-refractivity contribution in [2.24, 2.45) is 0 Å². The van der Waals surface area contributed by atoms with Crippen LogP contribution in [-0.4, -0.2) is 11.7 Å². The molecule has 0 spiro atoms. The van der Waals surface area contributed by atoms with Crippen LogP contribution in [0.1, 0.15) is 55.1 Å². The summed E-state index contributed by atoms with van der Waals surface area (Å²) in [6.45, 7) is 7.48. The van der Waals surface area contributed by atoms with E-state index in [1.54, 1.807) is 12.1 Å². The Hall–Kier alpha value is -3.34. The third kappa shape index (κ3) is 5.17. The second-order valence-corrected chi connectivity index (χ2v) is 8.32. The number of rotatable bonds is 5. The number of alkyl carbamates (subject to hydrolysis) is 1. The third-order valence-corrected chi connectivity index (χ3v) is 4.86. The molecule has 30 heavy (non-hydrogen) atoms. The van der Waals surface area contributed by atoms with Crippen LogP contribution in [0, 0.1) is 12.1 Å². The van der Waals surface area contributed by atoms with Crippen LogP contribution in [0.25, 0.3) is 0 Å². The van der Waals surface area contributed by atoms with Gasteiger partial charge in [-0.1, -0.05) is 54.6 Å². The molecular formula is C25H28N2O3. The lowest BCUT2D eigenvalue weighted by Gasteiger charge is -2.30. The molecule has 5 heteroatoms. The number of benzene rings is 2. The zero-order valence-corrected chi connectivity index (χ0v) is 17.8. The van der Waals surface area contributed by atoms with Gasteiger partial charge in [-0.2, -0.15) is 4.73 Å². The minimum Gasteiger partial charge on any atom is -0.618 e. The molecule has 0 aliphatic carbocycles. The molecule has 0 fully saturated rings. The highest BCUT2D eigenvalue weighted by Gasteiger charge is 2.34. The summed E-state index contributed by atoms with van der Waals surface area (Å²) in [5.74, 6) is -0.404. The smallest absolute Gasteiger partial charge is 0.408 e. The molecule has 5 nitrogen and oxygen atoms in total. The van der Waals surface area contributed by atoms with Crippen LogP contribution in [0.15, 0.2) is 79.0 Å².